The van der Waals surface area contributed by atoms with Gasteiger partial charge in [-0.2, -0.15) is 4.72 Å². The Kier molecular flexibility index (Phi) is 5.97. The van der Waals surface area contributed by atoms with Gasteiger partial charge in [-0.3, -0.25) is 0 Å². The molecule has 1 atom stereocenters. The highest BCUT2D eigenvalue weighted by Crippen LogP contribution is 2.23. The Labute approximate surface area is 154 Å². The predicted molar refractivity (Wildman–Crippen MR) is 91.0 cm³/mol. The number of halogens is 2. The number of nitrogens with one attached hydrogen (secondary N) is 1. The number of methoxy groups -OCH3 is 1. The SMILES string of the molecule is COC(=O)[C@@H](NS(=O)(=O)c1ccc(S(C)(=O)=O)cc1)c1cc(F)ccc1F. The summed E-state index contributed by atoms with van der Waals surface area (Å²) in [4.78, 5) is 11.5. The normalized spacial score (nSPS) is 13.2. The van der Waals surface area contributed by atoms with E-state index in [1.54, 1.807) is 0 Å². The molecule has 0 amide bonds. The molecule has 7 nitrogen and oxygen atoms in total. The van der Waals surface area contributed by atoms with Crippen LogP contribution < -0.4 is 4.72 Å². The minimum atomic E-state index is -4.39. The van der Waals surface area contributed by atoms with Gasteiger partial charge in [0.25, 0.3) is 0 Å². The Morgan fingerprint density at radius 3 is 2.07 bits per heavy atom. The standard InChI is InChI=1S/C16H15F2NO6S2/c1-25-16(20)15(13-9-10(17)3-8-14(13)18)19-27(23,24)12-6-4-11(5-7-12)26(2,21)22/h3-9,15,19H,1-2H3/t15-/m0/s1. The van der Waals surface area contributed by atoms with Crippen LogP contribution in [-0.2, 0) is 29.4 Å². The van der Waals surface area contributed by atoms with Gasteiger partial charge in [0.15, 0.2) is 9.84 Å². The Morgan fingerprint density at radius 2 is 1.56 bits per heavy atom. The van der Waals surface area contributed by atoms with Crippen LogP contribution in [0.3, 0.4) is 0 Å². The fourth-order valence-electron chi connectivity index (χ4n) is 2.18. The highest BCUT2D eigenvalue weighted by Gasteiger charge is 2.30. The first-order valence-corrected chi connectivity index (χ1v) is 10.7. The van der Waals surface area contributed by atoms with E-state index < -0.39 is 49.1 Å². The van der Waals surface area contributed by atoms with E-state index in [0.717, 1.165) is 49.8 Å². The van der Waals surface area contributed by atoms with Crippen molar-refractivity contribution in [1.29, 1.82) is 0 Å². The summed E-state index contributed by atoms with van der Waals surface area (Å²) in [7, 11) is -6.97. The number of sulfonamides is 1. The summed E-state index contributed by atoms with van der Waals surface area (Å²) >= 11 is 0. The molecule has 0 unspecified atom stereocenters. The summed E-state index contributed by atoms with van der Waals surface area (Å²) in [6.45, 7) is 0. The third-order valence-corrected chi connectivity index (χ3v) is 6.11. The van der Waals surface area contributed by atoms with Gasteiger partial charge in [-0.1, -0.05) is 0 Å². The lowest BCUT2D eigenvalue weighted by Crippen LogP contribution is -2.35. The maximum atomic E-state index is 14.0. The predicted octanol–water partition coefficient (Wildman–Crippen LogP) is 1.56. The zero-order chi connectivity index (χ0) is 20.4. The largest absolute Gasteiger partial charge is 0.468 e. The van der Waals surface area contributed by atoms with Crippen molar-refractivity contribution in [2.75, 3.05) is 13.4 Å². The van der Waals surface area contributed by atoms with Gasteiger partial charge < -0.3 is 4.74 Å². The van der Waals surface area contributed by atoms with E-state index >= 15 is 0 Å². The molecule has 2 aromatic rings. The van der Waals surface area contributed by atoms with E-state index in [0.29, 0.717) is 6.07 Å². The first kappa shape index (κ1) is 20.9. The Balaban J connectivity index is 2.44. The highest BCUT2D eigenvalue weighted by atomic mass is 32.2. The number of hydrogen-bond donors (Lipinski definition) is 1. The molecule has 0 bridgehead atoms. The fourth-order valence-corrected chi connectivity index (χ4v) is 3.98. The van der Waals surface area contributed by atoms with Gasteiger partial charge in [-0.15, -0.1) is 0 Å². The number of rotatable bonds is 6. The molecule has 11 heteroatoms. The second-order valence-corrected chi connectivity index (χ2v) is 9.22. The Hall–Kier alpha value is -2.37. The van der Waals surface area contributed by atoms with E-state index in [4.69, 9.17) is 0 Å². The Morgan fingerprint density at radius 1 is 1.00 bits per heavy atom. The summed E-state index contributed by atoms with van der Waals surface area (Å²) in [5.74, 6) is -3.05. The van der Waals surface area contributed by atoms with Gasteiger partial charge in [0.05, 0.1) is 16.9 Å². The van der Waals surface area contributed by atoms with Crippen molar-refractivity contribution in [3.63, 3.8) is 0 Å². The average molecular weight is 419 g/mol. The van der Waals surface area contributed by atoms with Crippen molar-refractivity contribution in [3.05, 3.63) is 59.7 Å². The van der Waals surface area contributed by atoms with E-state index in [9.17, 15) is 30.4 Å². The van der Waals surface area contributed by atoms with Gasteiger partial charge in [0.1, 0.15) is 17.7 Å². The number of ether oxygens (including phenoxy) is 1. The molecule has 0 spiro atoms. The molecule has 0 radical (unpaired) electrons. The summed E-state index contributed by atoms with van der Waals surface area (Å²) in [6, 6.07) is 4.54. The summed E-state index contributed by atoms with van der Waals surface area (Å²) in [5.41, 5.74) is -0.557. The van der Waals surface area contributed by atoms with Crippen LogP contribution >= 0.6 is 0 Å². The number of benzene rings is 2. The van der Waals surface area contributed by atoms with Gasteiger partial charge in [-0.25, -0.2) is 30.4 Å². The summed E-state index contributed by atoms with van der Waals surface area (Å²) < 4.78 is 81.8. The molecule has 27 heavy (non-hydrogen) atoms. The molecule has 0 aliphatic heterocycles. The van der Waals surface area contributed by atoms with Crippen LogP contribution in [0.2, 0.25) is 0 Å². The van der Waals surface area contributed by atoms with Crippen molar-refractivity contribution in [2.45, 2.75) is 15.8 Å². The lowest BCUT2D eigenvalue weighted by molar-refractivity contribution is -0.142. The number of esters is 1. The van der Waals surface area contributed by atoms with Gasteiger partial charge in [0, 0.05) is 11.8 Å². The summed E-state index contributed by atoms with van der Waals surface area (Å²) in [6.07, 6.45) is 0.953. The van der Waals surface area contributed by atoms with E-state index in [1.165, 1.54) is 0 Å². The number of carbonyl (C=O) groups excluding carboxylic acids is 1. The van der Waals surface area contributed by atoms with Crippen molar-refractivity contribution < 1.29 is 35.1 Å². The van der Waals surface area contributed by atoms with Crippen LogP contribution in [0.4, 0.5) is 8.78 Å². The first-order chi connectivity index (χ1) is 12.5. The molecule has 0 fully saturated rings. The van der Waals surface area contributed by atoms with Crippen molar-refractivity contribution in [2.24, 2.45) is 0 Å². The highest BCUT2D eigenvalue weighted by molar-refractivity contribution is 7.90. The zero-order valence-corrected chi connectivity index (χ0v) is 15.8. The molecule has 146 valence electrons. The topological polar surface area (TPSA) is 107 Å². The molecular weight excluding hydrogens is 404 g/mol. The molecule has 2 aromatic carbocycles. The molecule has 0 aliphatic rings. The number of hydrogen-bond acceptors (Lipinski definition) is 6. The van der Waals surface area contributed by atoms with Gasteiger partial charge in [0.2, 0.25) is 10.0 Å². The van der Waals surface area contributed by atoms with Gasteiger partial charge in [-0.05, 0) is 42.5 Å². The quantitative estimate of drug-likeness (QED) is 0.713. The van der Waals surface area contributed by atoms with Crippen molar-refractivity contribution >= 4 is 25.8 Å². The minimum Gasteiger partial charge on any atom is -0.468 e. The summed E-state index contributed by atoms with van der Waals surface area (Å²) in [5, 5.41) is 0. The average Bonchev–Trinajstić information content (AvgIpc) is 2.60. The maximum absolute atomic E-state index is 14.0. The first-order valence-electron chi connectivity index (χ1n) is 7.31. The molecule has 0 heterocycles. The van der Waals surface area contributed by atoms with Crippen LogP contribution in [0, 0.1) is 11.6 Å². The van der Waals surface area contributed by atoms with Crippen molar-refractivity contribution in [3.8, 4) is 0 Å². The lowest BCUT2D eigenvalue weighted by atomic mass is 10.1. The smallest absolute Gasteiger partial charge is 0.328 e. The monoisotopic (exact) mass is 419 g/mol. The second-order valence-electron chi connectivity index (χ2n) is 5.49. The molecule has 0 saturated heterocycles. The number of carbonyl (C=O) groups is 1. The molecule has 2 rings (SSSR count). The van der Waals surface area contributed by atoms with Crippen LogP contribution in [-0.4, -0.2) is 36.2 Å². The fraction of sp³-hybridized carbons (Fsp3) is 0.188. The number of sulfone groups is 1. The van der Waals surface area contributed by atoms with Gasteiger partial charge >= 0.3 is 5.97 Å². The third-order valence-electron chi connectivity index (χ3n) is 3.54. The molecular formula is C16H15F2NO6S2. The zero-order valence-electron chi connectivity index (χ0n) is 14.1. The van der Waals surface area contributed by atoms with E-state index in [1.807, 2.05) is 4.72 Å². The van der Waals surface area contributed by atoms with Crippen LogP contribution in [0.25, 0.3) is 0 Å². The lowest BCUT2D eigenvalue weighted by Gasteiger charge is -2.18. The third kappa shape index (κ3) is 4.87. The minimum absolute atomic E-state index is 0.109. The molecule has 1 N–H and O–H groups in total. The molecule has 0 saturated carbocycles. The van der Waals surface area contributed by atoms with E-state index in [-0.39, 0.29) is 9.79 Å². The maximum Gasteiger partial charge on any atom is 0.328 e. The molecule has 0 aromatic heterocycles. The Bertz CT molecular complexity index is 1070. The molecule has 0 aliphatic carbocycles. The van der Waals surface area contributed by atoms with Crippen LogP contribution in [0.1, 0.15) is 11.6 Å². The van der Waals surface area contributed by atoms with Crippen LogP contribution in [0.5, 0.6) is 0 Å². The van der Waals surface area contributed by atoms with Crippen LogP contribution in [0.15, 0.2) is 52.3 Å². The van der Waals surface area contributed by atoms with E-state index in [2.05, 4.69) is 4.74 Å². The second kappa shape index (κ2) is 7.71. The van der Waals surface area contributed by atoms with Crippen molar-refractivity contribution in [1.82, 2.24) is 4.72 Å².